The van der Waals surface area contributed by atoms with E-state index in [9.17, 15) is 0 Å². The molecule has 4 nitrogen and oxygen atoms in total. The van der Waals surface area contributed by atoms with Crippen LogP contribution in [0, 0.1) is 5.41 Å². The number of hydrogen-bond acceptors (Lipinski definition) is 4. The van der Waals surface area contributed by atoms with E-state index in [0.717, 1.165) is 37.9 Å². The molecule has 0 bridgehead atoms. The first-order valence-corrected chi connectivity index (χ1v) is 7.05. The average Bonchev–Trinajstić information content (AvgIpc) is 2.90. The van der Waals surface area contributed by atoms with Gasteiger partial charge in [0.15, 0.2) is 0 Å². The molecule has 1 heterocycles. The van der Waals surface area contributed by atoms with Gasteiger partial charge < -0.3 is 9.15 Å². The summed E-state index contributed by atoms with van der Waals surface area (Å²) in [5.74, 6) is 6.73. The van der Waals surface area contributed by atoms with Crippen LogP contribution >= 0.6 is 0 Å². The van der Waals surface area contributed by atoms with Gasteiger partial charge in [0.25, 0.3) is 0 Å². The summed E-state index contributed by atoms with van der Waals surface area (Å²) < 4.78 is 11.3. The lowest BCUT2D eigenvalue weighted by molar-refractivity contribution is -0.0870. The van der Waals surface area contributed by atoms with Crippen LogP contribution in [0.2, 0.25) is 0 Å². The van der Waals surface area contributed by atoms with Gasteiger partial charge in [0, 0.05) is 13.5 Å². The summed E-state index contributed by atoms with van der Waals surface area (Å²) in [4.78, 5) is 0. The molecule has 1 aliphatic carbocycles. The molecule has 0 aliphatic heterocycles. The zero-order chi connectivity index (χ0) is 13.9. The SMILES string of the molecule is COC1(C(Cc2ccco2)NN)CCC(C)(C)CC1. The van der Waals surface area contributed by atoms with Crippen molar-refractivity contribution in [2.75, 3.05) is 7.11 Å². The Labute approximate surface area is 115 Å². The van der Waals surface area contributed by atoms with Crippen LogP contribution in [0.1, 0.15) is 45.3 Å². The summed E-state index contributed by atoms with van der Waals surface area (Å²) in [6.45, 7) is 4.65. The number of nitrogens with one attached hydrogen (secondary N) is 1. The van der Waals surface area contributed by atoms with E-state index in [1.165, 1.54) is 0 Å². The minimum absolute atomic E-state index is 0.0831. The van der Waals surface area contributed by atoms with Gasteiger partial charge in [-0.2, -0.15) is 0 Å². The molecule has 1 aliphatic rings. The zero-order valence-corrected chi connectivity index (χ0v) is 12.2. The van der Waals surface area contributed by atoms with Crippen molar-refractivity contribution in [1.29, 1.82) is 0 Å². The first-order valence-electron chi connectivity index (χ1n) is 7.05. The van der Waals surface area contributed by atoms with Crippen molar-refractivity contribution in [2.24, 2.45) is 11.3 Å². The molecule has 1 aromatic heterocycles. The molecular weight excluding hydrogens is 240 g/mol. The Morgan fingerprint density at radius 3 is 2.53 bits per heavy atom. The van der Waals surface area contributed by atoms with Crippen molar-refractivity contribution < 1.29 is 9.15 Å². The summed E-state index contributed by atoms with van der Waals surface area (Å²) in [6, 6.07) is 3.98. The number of furan rings is 1. The fourth-order valence-electron chi connectivity index (χ4n) is 3.07. The Morgan fingerprint density at radius 1 is 1.37 bits per heavy atom. The van der Waals surface area contributed by atoms with Gasteiger partial charge in [-0.1, -0.05) is 13.8 Å². The Bertz CT molecular complexity index is 377. The molecule has 0 radical (unpaired) electrons. The third-order valence-corrected chi connectivity index (χ3v) is 4.68. The van der Waals surface area contributed by atoms with Crippen LogP contribution < -0.4 is 11.3 Å². The quantitative estimate of drug-likeness (QED) is 0.635. The van der Waals surface area contributed by atoms with E-state index >= 15 is 0 Å². The van der Waals surface area contributed by atoms with Gasteiger partial charge in [-0.25, -0.2) is 0 Å². The van der Waals surface area contributed by atoms with Crippen LogP contribution in [0.25, 0.3) is 0 Å². The van der Waals surface area contributed by atoms with Crippen molar-refractivity contribution in [3.05, 3.63) is 24.2 Å². The molecule has 1 unspecified atom stereocenters. The van der Waals surface area contributed by atoms with E-state index < -0.39 is 0 Å². The average molecular weight is 266 g/mol. The topological polar surface area (TPSA) is 60.4 Å². The van der Waals surface area contributed by atoms with Gasteiger partial charge in [-0.05, 0) is 43.2 Å². The number of rotatable bonds is 5. The minimum atomic E-state index is -0.183. The Hall–Kier alpha value is -0.840. The summed E-state index contributed by atoms with van der Waals surface area (Å²) in [7, 11) is 1.80. The second-order valence-corrected chi connectivity index (χ2v) is 6.44. The standard InChI is InChI=1S/C15H26N2O2/c1-14(2)6-8-15(18-3,9-7-14)13(17-16)11-12-5-4-10-19-12/h4-5,10,13,17H,6-9,11,16H2,1-3H3. The summed E-state index contributed by atoms with van der Waals surface area (Å²) in [5, 5.41) is 0. The van der Waals surface area contributed by atoms with Gasteiger partial charge in [0.2, 0.25) is 0 Å². The molecule has 1 atom stereocenters. The zero-order valence-electron chi connectivity index (χ0n) is 12.2. The smallest absolute Gasteiger partial charge is 0.105 e. The van der Waals surface area contributed by atoms with Crippen molar-refractivity contribution in [3.8, 4) is 0 Å². The van der Waals surface area contributed by atoms with Gasteiger partial charge in [-0.15, -0.1) is 0 Å². The summed E-state index contributed by atoms with van der Waals surface area (Å²) in [5.41, 5.74) is 3.17. The van der Waals surface area contributed by atoms with Crippen molar-refractivity contribution in [1.82, 2.24) is 5.43 Å². The highest BCUT2D eigenvalue weighted by Gasteiger charge is 2.44. The number of methoxy groups -OCH3 is 1. The van der Waals surface area contributed by atoms with E-state index in [4.69, 9.17) is 15.0 Å². The molecule has 0 saturated heterocycles. The lowest BCUT2D eigenvalue weighted by Crippen LogP contribution is -2.57. The Balaban J connectivity index is 2.10. The van der Waals surface area contributed by atoms with Crippen LogP contribution in [0.4, 0.5) is 0 Å². The minimum Gasteiger partial charge on any atom is -0.469 e. The molecule has 3 N–H and O–H groups in total. The number of hydrazine groups is 1. The number of ether oxygens (including phenoxy) is 1. The molecule has 0 amide bonds. The highest BCUT2D eigenvalue weighted by molar-refractivity contribution is 5.06. The van der Waals surface area contributed by atoms with E-state index in [2.05, 4.69) is 19.3 Å². The monoisotopic (exact) mass is 266 g/mol. The normalized spacial score (nSPS) is 23.2. The van der Waals surface area contributed by atoms with Crippen LogP contribution in [-0.2, 0) is 11.2 Å². The van der Waals surface area contributed by atoms with Crippen LogP contribution in [0.5, 0.6) is 0 Å². The Kier molecular flexibility index (Phi) is 4.33. The second kappa shape index (κ2) is 5.65. The molecule has 1 fully saturated rings. The highest BCUT2D eigenvalue weighted by Crippen LogP contribution is 2.43. The fourth-order valence-corrected chi connectivity index (χ4v) is 3.07. The van der Waals surface area contributed by atoms with Crippen molar-refractivity contribution in [2.45, 2.75) is 57.6 Å². The second-order valence-electron chi connectivity index (χ2n) is 6.44. The Morgan fingerprint density at radius 2 is 2.05 bits per heavy atom. The molecular formula is C15H26N2O2. The molecule has 19 heavy (non-hydrogen) atoms. The van der Waals surface area contributed by atoms with Gasteiger partial charge in [0.1, 0.15) is 5.76 Å². The molecule has 4 heteroatoms. The number of nitrogens with two attached hydrogens (primary N) is 1. The fraction of sp³-hybridized carbons (Fsp3) is 0.733. The van der Waals surface area contributed by atoms with Crippen LogP contribution in [-0.4, -0.2) is 18.8 Å². The predicted octanol–water partition coefficient (Wildman–Crippen LogP) is 2.64. The van der Waals surface area contributed by atoms with E-state index in [0.29, 0.717) is 5.41 Å². The molecule has 2 rings (SSSR count). The van der Waals surface area contributed by atoms with Gasteiger partial charge in [0.05, 0.1) is 17.9 Å². The van der Waals surface area contributed by atoms with E-state index in [1.54, 1.807) is 13.4 Å². The largest absolute Gasteiger partial charge is 0.469 e. The third kappa shape index (κ3) is 3.19. The molecule has 1 aromatic rings. The lowest BCUT2D eigenvalue weighted by atomic mass is 9.68. The van der Waals surface area contributed by atoms with E-state index in [1.807, 2.05) is 12.1 Å². The van der Waals surface area contributed by atoms with Crippen LogP contribution in [0.15, 0.2) is 22.8 Å². The van der Waals surface area contributed by atoms with Gasteiger partial charge in [-0.3, -0.25) is 11.3 Å². The van der Waals surface area contributed by atoms with Crippen molar-refractivity contribution >= 4 is 0 Å². The summed E-state index contributed by atoms with van der Waals surface area (Å²) >= 11 is 0. The molecule has 1 saturated carbocycles. The van der Waals surface area contributed by atoms with Gasteiger partial charge >= 0.3 is 0 Å². The summed E-state index contributed by atoms with van der Waals surface area (Å²) in [6.07, 6.45) is 6.86. The maximum atomic E-state index is 5.89. The predicted molar refractivity (Wildman–Crippen MR) is 75.5 cm³/mol. The number of hydrogen-bond donors (Lipinski definition) is 2. The molecule has 0 spiro atoms. The molecule has 0 aromatic carbocycles. The molecule has 108 valence electrons. The third-order valence-electron chi connectivity index (χ3n) is 4.68. The lowest BCUT2D eigenvalue weighted by Gasteiger charge is -2.46. The maximum Gasteiger partial charge on any atom is 0.105 e. The maximum absolute atomic E-state index is 5.89. The highest BCUT2D eigenvalue weighted by atomic mass is 16.5. The van der Waals surface area contributed by atoms with Crippen LogP contribution in [0.3, 0.4) is 0 Å². The first kappa shape index (κ1) is 14.6. The van der Waals surface area contributed by atoms with E-state index in [-0.39, 0.29) is 11.6 Å². The van der Waals surface area contributed by atoms with Crippen molar-refractivity contribution in [3.63, 3.8) is 0 Å². The first-order chi connectivity index (χ1) is 9.01.